The van der Waals surface area contributed by atoms with Gasteiger partial charge in [0.25, 0.3) is 5.91 Å². The molecular formula is C22H22ClN3O2. The van der Waals surface area contributed by atoms with Crippen LogP contribution in [0.2, 0.25) is 5.15 Å². The maximum atomic E-state index is 12.8. The van der Waals surface area contributed by atoms with Crippen LogP contribution in [0.4, 0.5) is 5.69 Å². The number of nitrogens with one attached hydrogen (secondary N) is 1. The molecule has 6 heteroatoms. The van der Waals surface area contributed by atoms with Crippen LogP contribution in [-0.4, -0.2) is 22.3 Å². The number of aromatic nitrogens is 2. The SMILES string of the molecule is Cc1nn(-c2ccccc2)c(Cl)c1C(=O)Nc1cccc(COCC2CC2)c1. The smallest absolute Gasteiger partial charge is 0.260 e. The Morgan fingerprint density at radius 3 is 2.75 bits per heavy atom. The van der Waals surface area contributed by atoms with E-state index in [1.54, 1.807) is 11.6 Å². The van der Waals surface area contributed by atoms with Gasteiger partial charge in [0.15, 0.2) is 0 Å². The predicted molar refractivity (Wildman–Crippen MR) is 110 cm³/mol. The molecule has 0 spiro atoms. The first-order chi connectivity index (χ1) is 13.6. The summed E-state index contributed by atoms with van der Waals surface area (Å²) in [5, 5.41) is 7.65. The lowest BCUT2D eigenvalue weighted by Gasteiger charge is -2.08. The average molecular weight is 396 g/mol. The number of halogens is 1. The highest BCUT2D eigenvalue weighted by molar-refractivity contribution is 6.34. The summed E-state index contributed by atoms with van der Waals surface area (Å²) in [6.45, 7) is 3.14. The lowest BCUT2D eigenvalue weighted by Crippen LogP contribution is -2.13. The molecule has 1 N–H and O–H groups in total. The van der Waals surface area contributed by atoms with Crippen LogP contribution in [0.15, 0.2) is 54.6 Å². The molecule has 2 aromatic carbocycles. The van der Waals surface area contributed by atoms with E-state index in [0.29, 0.717) is 28.7 Å². The van der Waals surface area contributed by atoms with Crippen LogP contribution in [-0.2, 0) is 11.3 Å². The van der Waals surface area contributed by atoms with Crippen molar-refractivity contribution in [3.05, 3.63) is 76.6 Å². The lowest BCUT2D eigenvalue weighted by molar-refractivity contribution is 0.102. The van der Waals surface area contributed by atoms with Gasteiger partial charge in [-0.1, -0.05) is 41.9 Å². The van der Waals surface area contributed by atoms with Crippen LogP contribution >= 0.6 is 11.6 Å². The highest BCUT2D eigenvalue weighted by Gasteiger charge is 2.22. The highest BCUT2D eigenvalue weighted by Crippen LogP contribution is 2.29. The third kappa shape index (κ3) is 4.26. The van der Waals surface area contributed by atoms with E-state index in [-0.39, 0.29) is 5.91 Å². The number of benzene rings is 2. The minimum absolute atomic E-state index is 0.277. The average Bonchev–Trinajstić information content (AvgIpc) is 3.46. The third-order valence-electron chi connectivity index (χ3n) is 4.74. The normalized spacial score (nSPS) is 13.5. The summed E-state index contributed by atoms with van der Waals surface area (Å²) in [6.07, 6.45) is 2.54. The standard InChI is InChI=1S/C22H22ClN3O2/c1-15-20(21(23)26(25-15)19-8-3-2-4-9-19)22(27)24-18-7-5-6-17(12-18)14-28-13-16-10-11-16/h2-9,12,16H,10-11,13-14H2,1H3,(H,24,27). The lowest BCUT2D eigenvalue weighted by atomic mass is 10.2. The van der Waals surface area contributed by atoms with Crippen molar-refractivity contribution in [1.82, 2.24) is 9.78 Å². The summed E-state index contributed by atoms with van der Waals surface area (Å²) in [5.74, 6) is 0.454. The molecule has 144 valence electrons. The van der Waals surface area contributed by atoms with Crippen molar-refractivity contribution in [2.45, 2.75) is 26.4 Å². The number of para-hydroxylation sites is 1. The fourth-order valence-electron chi connectivity index (χ4n) is 3.06. The van der Waals surface area contributed by atoms with Crippen LogP contribution < -0.4 is 5.32 Å². The van der Waals surface area contributed by atoms with Gasteiger partial charge in [-0.05, 0) is 55.5 Å². The maximum Gasteiger partial charge on any atom is 0.260 e. The second kappa shape index (κ2) is 8.17. The van der Waals surface area contributed by atoms with Gasteiger partial charge >= 0.3 is 0 Å². The summed E-state index contributed by atoms with van der Waals surface area (Å²) in [4.78, 5) is 12.8. The van der Waals surface area contributed by atoms with Crippen molar-refractivity contribution in [1.29, 1.82) is 0 Å². The molecule has 1 amide bonds. The second-order valence-corrected chi connectivity index (χ2v) is 7.47. The van der Waals surface area contributed by atoms with Gasteiger partial charge in [0.2, 0.25) is 0 Å². The third-order valence-corrected chi connectivity index (χ3v) is 5.09. The molecule has 4 rings (SSSR count). The number of anilines is 1. The second-order valence-electron chi connectivity index (χ2n) is 7.11. The minimum atomic E-state index is -0.277. The van der Waals surface area contributed by atoms with E-state index in [1.165, 1.54) is 12.8 Å². The zero-order chi connectivity index (χ0) is 19.5. The highest BCUT2D eigenvalue weighted by atomic mass is 35.5. The van der Waals surface area contributed by atoms with Crippen molar-refractivity contribution >= 4 is 23.2 Å². The molecular weight excluding hydrogens is 374 g/mol. The van der Waals surface area contributed by atoms with E-state index < -0.39 is 0 Å². The van der Waals surface area contributed by atoms with E-state index in [2.05, 4.69) is 10.4 Å². The van der Waals surface area contributed by atoms with Crippen molar-refractivity contribution in [2.75, 3.05) is 11.9 Å². The molecule has 0 bridgehead atoms. The van der Waals surface area contributed by atoms with Gasteiger partial charge in [0.05, 0.1) is 18.0 Å². The molecule has 28 heavy (non-hydrogen) atoms. The fourth-order valence-corrected chi connectivity index (χ4v) is 3.42. The monoisotopic (exact) mass is 395 g/mol. The van der Waals surface area contributed by atoms with Crippen LogP contribution in [0.25, 0.3) is 5.69 Å². The molecule has 0 unspecified atom stereocenters. The Balaban J connectivity index is 1.48. The number of amides is 1. The Morgan fingerprint density at radius 1 is 1.21 bits per heavy atom. The van der Waals surface area contributed by atoms with E-state index in [4.69, 9.17) is 16.3 Å². The number of hydrogen-bond donors (Lipinski definition) is 1. The Labute approximate surface area is 169 Å². The van der Waals surface area contributed by atoms with Crippen LogP contribution in [0, 0.1) is 12.8 Å². The molecule has 0 atom stereocenters. The molecule has 1 heterocycles. The number of ether oxygens (including phenoxy) is 1. The molecule has 5 nitrogen and oxygen atoms in total. The van der Waals surface area contributed by atoms with Crippen LogP contribution in [0.5, 0.6) is 0 Å². The maximum absolute atomic E-state index is 12.8. The van der Waals surface area contributed by atoms with Crippen molar-refractivity contribution < 1.29 is 9.53 Å². The van der Waals surface area contributed by atoms with Crippen molar-refractivity contribution in [2.24, 2.45) is 5.92 Å². The fraction of sp³-hybridized carbons (Fsp3) is 0.273. The van der Waals surface area contributed by atoms with Gasteiger partial charge in [-0.15, -0.1) is 0 Å². The topological polar surface area (TPSA) is 56.2 Å². The van der Waals surface area contributed by atoms with Gasteiger partial charge in [-0.3, -0.25) is 4.79 Å². The molecule has 1 aliphatic rings. The largest absolute Gasteiger partial charge is 0.376 e. The molecule has 3 aromatic rings. The Kier molecular flexibility index (Phi) is 5.46. The van der Waals surface area contributed by atoms with Crippen molar-refractivity contribution in [3.8, 4) is 5.69 Å². The van der Waals surface area contributed by atoms with Gasteiger partial charge in [0, 0.05) is 12.3 Å². The number of carbonyl (C=O) groups excluding carboxylic acids is 1. The van der Waals surface area contributed by atoms with Gasteiger partial charge in [0.1, 0.15) is 10.7 Å². The van der Waals surface area contributed by atoms with Crippen LogP contribution in [0.3, 0.4) is 0 Å². The summed E-state index contributed by atoms with van der Waals surface area (Å²) < 4.78 is 7.31. The molecule has 1 saturated carbocycles. The zero-order valence-electron chi connectivity index (χ0n) is 15.7. The van der Waals surface area contributed by atoms with E-state index in [9.17, 15) is 4.79 Å². The van der Waals surface area contributed by atoms with Gasteiger partial charge in [-0.25, -0.2) is 4.68 Å². The minimum Gasteiger partial charge on any atom is -0.376 e. The summed E-state index contributed by atoms with van der Waals surface area (Å²) >= 11 is 6.48. The summed E-state index contributed by atoms with van der Waals surface area (Å²) in [5.41, 5.74) is 3.50. The van der Waals surface area contributed by atoms with E-state index in [0.717, 1.165) is 23.8 Å². The summed E-state index contributed by atoms with van der Waals surface area (Å²) in [7, 11) is 0. The number of carbonyl (C=O) groups is 1. The Bertz CT molecular complexity index is 981. The van der Waals surface area contributed by atoms with Crippen molar-refractivity contribution in [3.63, 3.8) is 0 Å². The van der Waals surface area contributed by atoms with Gasteiger partial charge < -0.3 is 10.1 Å². The molecule has 0 aliphatic heterocycles. The van der Waals surface area contributed by atoms with E-state index in [1.807, 2.05) is 54.6 Å². The molecule has 0 saturated heterocycles. The predicted octanol–water partition coefficient (Wildman–Crippen LogP) is 5.01. The number of aryl methyl sites for hydroxylation is 1. The first-order valence-corrected chi connectivity index (χ1v) is 9.78. The summed E-state index contributed by atoms with van der Waals surface area (Å²) in [6, 6.07) is 17.2. The Hall–Kier alpha value is -2.63. The number of rotatable bonds is 7. The zero-order valence-corrected chi connectivity index (χ0v) is 16.4. The Morgan fingerprint density at radius 2 is 2.00 bits per heavy atom. The number of nitrogens with zero attached hydrogens (tertiary/aromatic N) is 2. The molecule has 1 fully saturated rings. The molecule has 1 aliphatic carbocycles. The number of hydrogen-bond acceptors (Lipinski definition) is 3. The molecule has 0 radical (unpaired) electrons. The first-order valence-electron chi connectivity index (χ1n) is 9.40. The van der Waals surface area contributed by atoms with Gasteiger partial charge in [-0.2, -0.15) is 5.10 Å². The molecule has 1 aromatic heterocycles. The van der Waals surface area contributed by atoms with Crippen LogP contribution in [0.1, 0.15) is 34.5 Å². The quantitative estimate of drug-likeness (QED) is 0.611. The first kappa shape index (κ1) is 18.7. The van der Waals surface area contributed by atoms with E-state index >= 15 is 0 Å².